The summed E-state index contributed by atoms with van der Waals surface area (Å²) in [4.78, 5) is 0. The molecule has 0 atom stereocenters. The van der Waals surface area contributed by atoms with Crippen LogP contribution in [-0.2, 0) is 19.3 Å². The summed E-state index contributed by atoms with van der Waals surface area (Å²) in [5, 5.41) is 0. The lowest BCUT2D eigenvalue weighted by molar-refractivity contribution is 0.0583. The highest BCUT2D eigenvalue weighted by atomic mass is 28.4. The molecule has 120 valence electrons. The van der Waals surface area contributed by atoms with Gasteiger partial charge in [0.25, 0.3) is 0 Å². The first-order valence-corrected chi connectivity index (χ1v) is 9.75. The first-order chi connectivity index (χ1) is 10.2. The molecule has 0 saturated carbocycles. The van der Waals surface area contributed by atoms with Crippen molar-refractivity contribution >= 4 is 8.80 Å². The van der Waals surface area contributed by atoms with Gasteiger partial charge in [0.2, 0.25) is 0 Å². The molecule has 21 heavy (non-hydrogen) atoms. The van der Waals surface area contributed by atoms with E-state index in [1.807, 2.05) is 6.07 Å². The Labute approximate surface area is 128 Å². The molecule has 5 heteroatoms. The number of rotatable bonds is 11. The van der Waals surface area contributed by atoms with Crippen LogP contribution in [0.3, 0.4) is 0 Å². The van der Waals surface area contributed by atoms with E-state index in [-0.39, 0.29) is 5.82 Å². The number of hydrogen-bond donors (Lipinski definition) is 0. The lowest BCUT2D eigenvalue weighted by atomic mass is 10.2. The smallest absolute Gasteiger partial charge is 0.373 e. The molecule has 3 nitrogen and oxygen atoms in total. The normalized spacial score (nSPS) is 11.8. The highest BCUT2D eigenvalue weighted by molar-refractivity contribution is 6.60. The zero-order chi connectivity index (χ0) is 15.6. The molecule has 0 aliphatic carbocycles. The molecule has 1 rings (SSSR count). The maximum absolute atomic E-state index is 13.4. The van der Waals surface area contributed by atoms with E-state index in [1.165, 1.54) is 12.1 Å². The maximum atomic E-state index is 13.4. The van der Waals surface area contributed by atoms with Crippen molar-refractivity contribution in [3.05, 3.63) is 35.6 Å². The quantitative estimate of drug-likeness (QED) is 0.575. The summed E-state index contributed by atoms with van der Waals surface area (Å²) in [6.45, 7) is 7.99. The van der Waals surface area contributed by atoms with Gasteiger partial charge in [0, 0.05) is 25.9 Å². The summed E-state index contributed by atoms with van der Waals surface area (Å²) < 4.78 is 31.4. The SMILES string of the molecule is CCCO[Si](Cc1cccc(F)c1)(OCCC)OCCC. The molecule has 1 aromatic carbocycles. The van der Waals surface area contributed by atoms with Crippen molar-refractivity contribution in [3.8, 4) is 0 Å². The summed E-state index contributed by atoms with van der Waals surface area (Å²) in [5.41, 5.74) is 0.866. The van der Waals surface area contributed by atoms with E-state index in [1.54, 1.807) is 6.07 Å². The monoisotopic (exact) mass is 314 g/mol. The first-order valence-electron chi connectivity index (χ1n) is 7.82. The number of benzene rings is 1. The van der Waals surface area contributed by atoms with E-state index >= 15 is 0 Å². The van der Waals surface area contributed by atoms with Crippen molar-refractivity contribution in [2.75, 3.05) is 19.8 Å². The van der Waals surface area contributed by atoms with E-state index in [9.17, 15) is 4.39 Å². The zero-order valence-corrected chi connectivity index (χ0v) is 14.4. The van der Waals surface area contributed by atoms with Crippen molar-refractivity contribution in [1.29, 1.82) is 0 Å². The fourth-order valence-electron chi connectivity index (χ4n) is 1.95. The molecule has 0 N–H and O–H groups in total. The summed E-state index contributed by atoms with van der Waals surface area (Å²) in [5.74, 6) is -0.239. The molecule has 1 aromatic rings. The largest absolute Gasteiger partial charge is 0.505 e. The fourth-order valence-corrected chi connectivity index (χ4v) is 4.77. The second kappa shape index (κ2) is 10.1. The molecule has 0 bridgehead atoms. The van der Waals surface area contributed by atoms with Gasteiger partial charge in [0.15, 0.2) is 0 Å². The lowest BCUT2D eigenvalue weighted by Crippen LogP contribution is -2.49. The van der Waals surface area contributed by atoms with Crippen LogP contribution in [0.1, 0.15) is 45.6 Å². The predicted molar refractivity (Wildman–Crippen MR) is 84.6 cm³/mol. The minimum Gasteiger partial charge on any atom is -0.373 e. The molecule has 0 amide bonds. The second-order valence-electron chi connectivity index (χ2n) is 5.04. The van der Waals surface area contributed by atoms with Crippen molar-refractivity contribution < 1.29 is 17.7 Å². The maximum Gasteiger partial charge on any atom is 0.505 e. The predicted octanol–water partition coefficient (Wildman–Crippen LogP) is 4.13. The van der Waals surface area contributed by atoms with Crippen LogP contribution in [0.25, 0.3) is 0 Å². The summed E-state index contributed by atoms with van der Waals surface area (Å²) in [7, 11) is -2.79. The third-order valence-electron chi connectivity index (χ3n) is 2.89. The Morgan fingerprint density at radius 1 is 0.905 bits per heavy atom. The Bertz CT molecular complexity index is 379. The van der Waals surface area contributed by atoms with Crippen LogP contribution >= 0.6 is 0 Å². The molecular formula is C16H27FO3Si. The van der Waals surface area contributed by atoms with E-state index < -0.39 is 8.80 Å². The Hall–Kier alpha value is -0.753. The molecule has 0 aromatic heterocycles. The van der Waals surface area contributed by atoms with Crippen LogP contribution < -0.4 is 0 Å². The summed E-state index contributed by atoms with van der Waals surface area (Å²) in [6, 6.07) is 7.10. The van der Waals surface area contributed by atoms with Gasteiger partial charge in [-0.05, 0) is 37.0 Å². The van der Waals surface area contributed by atoms with E-state index in [0.29, 0.717) is 25.9 Å². The van der Waals surface area contributed by atoms with Gasteiger partial charge >= 0.3 is 8.80 Å². The molecule has 0 radical (unpaired) electrons. The van der Waals surface area contributed by atoms with Crippen LogP contribution in [0.4, 0.5) is 4.39 Å². The molecule has 0 saturated heterocycles. The van der Waals surface area contributed by atoms with Gasteiger partial charge in [-0.15, -0.1) is 0 Å². The average Bonchev–Trinajstić information content (AvgIpc) is 2.48. The van der Waals surface area contributed by atoms with Gasteiger partial charge in [-0.1, -0.05) is 32.9 Å². The molecule has 0 unspecified atom stereocenters. The van der Waals surface area contributed by atoms with Crippen LogP contribution in [0, 0.1) is 5.82 Å². The van der Waals surface area contributed by atoms with Crippen LogP contribution in [0.2, 0.25) is 0 Å². The molecule has 0 heterocycles. The highest BCUT2D eigenvalue weighted by Gasteiger charge is 2.41. The van der Waals surface area contributed by atoms with Gasteiger partial charge < -0.3 is 13.3 Å². The fraction of sp³-hybridized carbons (Fsp3) is 0.625. The third-order valence-corrected chi connectivity index (χ3v) is 5.66. The Morgan fingerprint density at radius 2 is 1.43 bits per heavy atom. The molecule has 0 spiro atoms. The third kappa shape index (κ3) is 6.69. The molecule has 0 aliphatic rings. The Kier molecular flexibility index (Phi) is 8.76. The zero-order valence-electron chi connectivity index (χ0n) is 13.4. The second-order valence-corrected chi connectivity index (χ2v) is 7.62. The molecule has 0 aliphatic heterocycles. The van der Waals surface area contributed by atoms with Crippen LogP contribution in [0.5, 0.6) is 0 Å². The van der Waals surface area contributed by atoms with Crippen LogP contribution in [-0.4, -0.2) is 28.6 Å². The topological polar surface area (TPSA) is 27.7 Å². The van der Waals surface area contributed by atoms with Gasteiger partial charge in [-0.2, -0.15) is 0 Å². The van der Waals surface area contributed by atoms with Gasteiger partial charge in [0.1, 0.15) is 5.82 Å². The van der Waals surface area contributed by atoms with E-state index in [0.717, 1.165) is 24.8 Å². The minimum absolute atomic E-state index is 0.239. The minimum atomic E-state index is -2.79. The number of hydrogen-bond acceptors (Lipinski definition) is 3. The summed E-state index contributed by atoms with van der Waals surface area (Å²) in [6.07, 6.45) is 2.72. The average molecular weight is 314 g/mol. The Morgan fingerprint density at radius 3 is 1.86 bits per heavy atom. The van der Waals surface area contributed by atoms with E-state index in [2.05, 4.69) is 20.8 Å². The van der Waals surface area contributed by atoms with Gasteiger partial charge in [-0.3, -0.25) is 0 Å². The van der Waals surface area contributed by atoms with Gasteiger partial charge in [0.05, 0.1) is 0 Å². The molecule has 0 fully saturated rings. The number of halogens is 1. The summed E-state index contributed by atoms with van der Waals surface area (Å²) >= 11 is 0. The van der Waals surface area contributed by atoms with Gasteiger partial charge in [-0.25, -0.2) is 4.39 Å². The highest BCUT2D eigenvalue weighted by Crippen LogP contribution is 2.19. The Balaban J connectivity index is 2.88. The molecular weight excluding hydrogens is 287 g/mol. The lowest BCUT2D eigenvalue weighted by Gasteiger charge is -2.29. The van der Waals surface area contributed by atoms with Crippen LogP contribution in [0.15, 0.2) is 24.3 Å². The standard InChI is InChI=1S/C16H27FO3Si/c1-4-10-18-21(19-11-5-2,20-12-6-3)14-15-8-7-9-16(17)13-15/h7-9,13H,4-6,10-12,14H2,1-3H3. The van der Waals surface area contributed by atoms with Crippen molar-refractivity contribution in [2.24, 2.45) is 0 Å². The van der Waals surface area contributed by atoms with E-state index in [4.69, 9.17) is 13.3 Å². The first kappa shape index (κ1) is 18.3. The van der Waals surface area contributed by atoms with Crippen molar-refractivity contribution in [2.45, 2.75) is 46.1 Å². The van der Waals surface area contributed by atoms with Crippen molar-refractivity contribution in [1.82, 2.24) is 0 Å². The van der Waals surface area contributed by atoms with Crippen molar-refractivity contribution in [3.63, 3.8) is 0 Å².